The summed E-state index contributed by atoms with van der Waals surface area (Å²) in [5.74, 6) is 0.0830. The molecule has 0 saturated carbocycles. The van der Waals surface area contributed by atoms with Crippen molar-refractivity contribution in [3.05, 3.63) is 88.3 Å². The van der Waals surface area contributed by atoms with E-state index in [1.54, 1.807) is 30.5 Å². The van der Waals surface area contributed by atoms with Crippen LogP contribution >= 0.6 is 15.9 Å². The lowest BCUT2D eigenvalue weighted by Gasteiger charge is -2.18. The summed E-state index contributed by atoms with van der Waals surface area (Å²) in [5, 5.41) is 6.83. The monoisotopic (exact) mass is 655 g/mol. The number of esters is 1. The fraction of sp³-hybridized carbons (Fsp3) is 0.212. The third kappa shape index (κ3) is 5.46. The van der Waals surface area contributed by atoms with Gasteiger partial charge in [-0.15, -0.1) is 0 Å². The highest BCUT2D eigenvalue weighted by molar-refractivity contribution is 9.10. The van der Waals surface area contributed by atoms with E-state index < -0.39 is 11.9 Å². The van der Waals surface area contributed by atoms with Crippen LogP contribution in [0, 0.1) is 5.92 Å². The van der Waals surface area contributed by atoms with E-state index in [9.17, 15) is 14.4 Å². The van der Waals surface area contributed by atoms with Crippen molar-refractivity contribution in [1.82, 2.24) is 19.9 Å². The zero-order chi connectivity index (χ0) is 31.0. The number of amides is 2. The molecule has 0 aliphatic carbocycles. The number of halogens is 1. The van der Waals surface area contributed by atoms with Crippen molar-refractivity contribution in [2.75, 3.05) is 25.6 Å². The number of rotatable bonds is 7. The van der Waals surface area contributed by atoms with E-state index in [0.717, 1.165) is 15.4 Å². The number of nitrogens with zero attached hydrogens (tertiary/aromatic N) is 2. The molecule has 0 fully saturated rings. The van der Waals surface area contributed by atoms with Gasteiger partial charge in [-0.3, -0.25) is 9.59 Å². The van der Waals surface area contributed by atoms with Crippen LogP contribution in [0.1, 0.15) is 44.9 Å². The summed E-state index contributed by atoms with van der Waals surface area (Å²) in [4.78, 5) is 47.9. The van der Waals surface area contributed by atoms with Gasteiger partial charge in [-0.25, -0.2) is 9.78 Å². The van der Waals surface area contributed by atoms with E-state index in [1.165, 1.54) is 13.2 Å². The Balaban J connectivity index is 1.50. The minimum atomic E-state index is -0.642. The second-order valence-corrected chi connectivity index (χ2v) is 11.7. The standard InChI is InChI=1S/C33H30BrN5O5/c1-18(2)17-37-31(40)19-4-5-20(24(14-19)33(42)43-3)22-16-28-25(30-36-10-11-39(30)12-13-44-28)15-23(22)32(41)38-27-7-6-26-21(29(27)34)8-9-35-26/h4-11,14-16,18,35H,12-13,17H2,1-3H3,(H,37,40)(H,38,41). The van der Waals surface area contributed by atoms with Gasteiger partial charge in [-0.2, -0.15) is 0 Å². The van der Waals surface area contributed by atoms with Gasteiger partial charge in [0, 0.05) is 47.2 Å². The van der Waals surface area contributed by atoms with E-state index in [4.69, 9.17) is 9.47 Å². The molecule has 1 aliphatic rings. The molecule has 1 aliphatic heterocycles. The average Bonchev–Trinajstić information content (AvgIpc) is 3.67. The number of ether oxygens (including phenoxy) is 2. The van der Waals surface area contributed by atoms with E-state index in [2.05, 4.69) is 36.5 Å². The highest BCUT2D eigenvalue weighted by Gasteiger charge is 2.26. The Kier molecular flexibility index (Phi) is 7.96. The molecule has 44 heavy (non-hydrogen) atoms. The highest BCUT2D eigenvalue weighted by atomic mass is 79.9. The second kappa shape index (κ2) is 12.0. The first-order valence-corrected chi connectivity index (χ1v) is 14.9. The second-order valence-electron chi connectivity index (χ2n) is 10.9. The van der Waals surface area contributed by atoms with Crippen molar-refractivity contribution in [1.29, 1.82) is 0 Å². The molecule has 5 aromatic rings. The topological polar surface area (TPSA) is 127 Å². The fourth-order valence-corrected chi connectivity index (χ4v) is 5.83. The van der Waals surface area contributed by atoms with Gasteiger partial charge in [0.25, 0.3) is 11.8 Å². The normalized spacial score (nSPS) is 12.2. The number of imidazole rings is 1. The van der Waals surface area contributed by atoms with Gasteiger partial charge in [0.05, 0.1) is 34.9 Å². The van der Waals surface area contributed by atoms with Crippen molar-refractivity contribution in [3.8, 4) is 28.3 Å². The van der Waals surface area contributed by atoms with Crippen molar-refractivity contribution < 1.29 is 23.9 Å². The Labute approximate surface area is 261 Å². The first-order chi connectivity index (χ1) is 21.2. The van der Waals surface area contributed by atoms with Crippen LogP contribution in [0.2, 0.25) is 0 Å². The molecule has 0 spiro atoms. The molecule has 2 amide bonds. The molecule has 0 radical (unpaired) electrons. The van der Waals surface area contributed by atoms with Crippen LogP contribution in [0.3, 0.4) is 0 Å². The van der Waals surface area contributed by atoms with Crippen LogP contribution in [0.4, 0.5) is 5.69 Å². The van der Waals surface area contributed by atoms with E-state index in [1.807, 2.05) is 49.0 Å². The molecular weight excluding hydrogens is 626 g/mol. The Morgan fingerprint density at radius 2 is 1.89 bits per heavy atom. The molecule has 0 unspecified atom stereocenters. The van der Waals surface area contributed by atoms with Crippen LogP contribution in [0.15, 0.2) is 71.6 Å². The fourth-order valence-electron chi connectivity index (χ4n) is 5.25. The number of methoxy groups -OCH3 is 1. The number of hydrogen-bond donors (Lipinski definition) is 3. The Morgan fingerprint density at radius 3 is 2.68 bits per heavy atom. The number of H-pyrrole nitrogens is 1. The summed E-state index contributed by atoms with van der Waals surface area (Å²) in [7, 11) is 1.28. The maximum Gasteiger partial charge on any atom is 0.338 e. The molecule has 224 valence electrons. The number of nitrogens with one attached hydrogen (secondary N) is 3. The van der Waals surface area contributed by atoms with Crippen LogP contribution < -0.4 is 15.4 Å². The molecule has 3 heterocycles. The van der Waals surface area contributed by atoms with Crippen molar-refractivity contribution in [2.24, 2.45) is 5.92 Å². The Bertz CT molecular complexity index is 1930. The average molecular weight is 657 g/mol. The molecule has 10 nitrogen and oxygen atoms in total. The third-order valence-electron chi connectivity index (χ3n) is 7.48. The molecule has 0 saturated heterocycles. The first-order valence-electron chi connectivity index (χ1n) is 14.2. The maximum absolute atomic E-state index is 14.1. The van der Waals surface area contributed by atoms with Crippen LogP contribution in [-0.2, 0) is 11.3 Å². The number of benzene rings is 3. The van der Waals surface area contributed by atoms with Crippen molar-refractivity contribution in [2.45, 2.75) is 20.4 Å². The summed E-state index contributed by atoms with van der Waals surface area (Å²) in [6.07, 6.45) is 5.40. The summed E-state index contributed by atoms with van der Waals surface area (Å²) in [6.45, 7) is 5.46. The van der Waals surface area contributed by atoms with Crippen LogP contribution in [-0.4, -0.2) is 52.6 Å². The SMILES string of the molecule is COC(=O)c1cc(C(=O)NCC(C)C)ccc1-c1cc2c(cc1C(=O)Nc1ccc3[nH]ccc3c1Br)-c1nccn1CCO2. The number of carbonyl (C=O) groups is 3. The molecule has 3 N–H and O–H groups in total. The van der Waals surface area contributed by atoms with Gasteiger partial charge in [-0.05, 0) is 75.4 Å². The van der Waals surface area contributed by atoms with Crippen LogP contribution in [0.5, 0.6) is 5.75 Å². The lowest BCUT2D eigenvalue weighted by molar-refractivity contribution is 0.0601. The molecular formula is C33H30BrN5O5. The Hall–Kier alpha value is -4.90. The van der Waals surface area contributed by atoms with Gasteiger partial charge in [0.15, 0.2) is 0 Å². The van der Waals surface area contributed by atoms with Gasteiger partial charge >= 0.3 is 5.97 Å². The summed E-state index contributed by atoms with van der Waals surface area (Å²) in [5.41, 5.74) is 3.73. The number of carbonyl (C=O) groups excluding carboxylic acids is 3. The number of fused-ring (bicyclic) bond motifs is 4. The minimum Gasteiger partial charge on any atom is -0.491 e. The number of aromatic amines is 1. The van der Waals surface area contributed by atoms with Crippen LogP contribution in [0.25, 0.3) is 33.4 Å². The summed E-state index contributed by atoms with van der Waals surface area (Å²) < 4.78 is 13.9. The maximum atomic E-state index is 14.1. The number of hydrogen-bond acceptors (Lipinski definition) is 6. The van der Waals surface area contributed by atoms with Gasteiger partial charge < -0.3 is 29.7 Å². The smallest absolute Gasteiger partial charge is 0.338 e. The van der Waals surface area contributed by atoms with E-state index in [-0.39, 0.29) is 23.0 Å². The molecule has 11 heteroatoms. The lowest BCUT2D eigenvalue weighted by atomic mass is 9.91. The molecule has 0 atom stereocenters. The third-order valence-corrected chi connectivity index (χ3v) is 8.33. The number of aromatic nitrogens is 3. The van der Waals surface area contributed by atoms with Crippen molar-refractivity contribution in [3.63, 3.8) is 0 Å². The molecule has 3 aromatic carbocycles. The zero-order valence-corrected chi connectivity index (χ0v) is 25.9. The largest absolute Gasteiger partial charge is 0.491 e. The first kappa shape index (κ1) is 29.2. The van der Waals surface area contributed by atoms with Gasteiger partial charge in [-0.1, -0.05) is 19.9 Å². The van der Waals surface area contributed by atoms with Gasteiger partial charge in [0.2, 0.25) is 0 Å². The predicted octanol–water partition coefficient (Wildman–Crippen LogP) is 6.28. The summed E-state index contributed by atoms with van der Waals surface area (Å²) in [6, 6.07) is 13.9. The van der Waals surface area contributed by atoms with E-state index >= 15 is 0 Å². The molecule has 0 bridgehead atoms. The zero-order valence-electron chi connectivity index (χ0n) is 24.4. The minimum absolute atomic E-state index is 0.142. The quantitative estimate of drug-likeness (QED) is 0.177. The highest BCUT2D eigenvalue weighted by Crippen LogP contribution is 2.40. The van der Waals surface area contributed by atoms with Gasteiger partial charge in [0.1, 0.15) is 18.2 Å². The van der Waals surface area contributed by atoms with Crippen molar-refractivity contribution >= 4 is 50.3 Å². The predicted molar refractivity (Wildman–Crippen MR) is 171 cm³/mol. The molecule has 6 rings (SSSR count). The molecule has 2 aromatic heterocycles. The summed E-state index contributed by atoms with van der Waals surface area (Å²) >= 11 is 3.63. The lowest BCUT2D eigenvalue weighted by Crippen LogP contribution is -2.27. The Morgan fingerprint density at radius 1 is 1.05 bits per heavy atom. The van der Waals surface area contributed by atoms with E-state index in [0.29, 0.717) is 59.2 Å². The number of anilines is 1.